The average molecular weight is 511 g/mol. The fourth-order valence-electron chi connectivity index (χ4n) is 4.89. The van der Waals surface area contributed by atoms with Gasteiger partial charge in [-0.2, -0.15) is 0 Å². The van der Waals surface area contributed by atoms with Gasteiger partial charge in [0.05, 0.1) is 23.8 Å². The molecule has 1 atom stereocenters. The summed E-state index contributed by atoms with van der Waals surface area (Å²) in [6, 6.07) is 17.3. The number of carbonyl (C=O) groups excluding carboxylic acids is 1. The van der Waals surface area contributed by atoms with E-state index in [4.69, 9.17) is 4.74 Å². The summed E-state index contributed by atoms with van der Waals surface area (Å²) in [5.41, 5.74) is 3.16. The molecule has 1 aliphatic rings. The molecule has 1 N–H and O–H groups in total. The van der Waals surface area contributed by atoms with Gasteiger partial charge in [-0.1, -0.05) is 37.3 Å². The van der Waals surface area contributed by atoms with Crippen LogP contribution >= 0.6 is 0 Å². The molecule has 0 radical (unpaired) electrons. The molecular weight excluding hydrogens is 480 g/mol. The van der Waals surface area contributed by atoms with Crippen LogP contribution in [0.3, 0.4) is 0 Å². The number of ether oxygens (including phenoxy) is 1. The molecule has 3 heterocycles. The van der Waals surface area contributed by atoms with E-state index in [-0.39, 0.29) is 5.91 Å². The number of pyridine rings is 2. The van der Waals surface area contributed by atoms with Crippen molar-refractivity contribution in [2.24, 2.45) is 5.92 Å². The molecule has 5 rings (SSSR count). The SMILES string of the molecule is CCN1c2ncc(CCOc3ccc(CC(C)C(=O)O)c4ccccc34)cc2C(=O)N(C)c2cccnc21. The summed E-state index contributed by atoms with van der Waals surface area (Å²) in [6.45, 7) is 4.76. The van der Waals surface area contributed by atoms with E-state index in [1.165, 1.54) is 0 Å². The van der Waals surface area contributed by atoms with Crippen LogP contribution in [0.15, 0.2) is 67.0 Å². The molecule has 0 bridgehead atoms. The Kier molecular flexibility index (Phi) is 6.96. The number of nitrogens with zero attached hydrogens (tertiary/aromatic N) is 4. The molecule has 8 heteroatoms. The van der Waals surface area contributed by atoms with E-state index in [1.54, 1.807) is 31.3 Å². The molecular formula is C30H30N4O4. The summed E-state index contributed by atoms with van der Waals surface area (Å²) in [5, 5.41) is 11.3. The number of aliphatic carboxylic acids is 1. The fraction of sp³-hybridized carbons (Fsp3) is 0.267. The number of amides is 1. The smallest absolute Gasteiger partial charge is 0.306 e. The third kappa shape index (κ3) is 4.65. The predicted molar refractivity (Wildman–Crippen MR) is 148 cm³/mol. The van der Waals surface area contributed by atoms with Crippen molar-refractivity contribution < 1.29 is 19.4 Å². The van der Waals surface area contributed by atoms with Crippen molar-refractivity contribution in [1.82, 2.24) is 9.97 Å². The lowest BCUT2D eigenvalue weighted by molar-refractivity contribution is -0.141. The Morgan fingerprint density at radius 1 is 1.05 bits per heavy atom. The Morgan fingerprint density at radius 2 is 1.84 bits per heavy atom. The summed E-state index contributed by atoms with van der Waals surface area (Å²) in [4.78, 5) is 37.5. The zero-order chi connectivity index (χ0) is 26.8. The highest BCUT2D eigenvalue weighted by Gasteiger charge is 2.30. The van der Waals surface area contributed by atoms with Crippen molar-refractivity contribution in [2.45, 2.75) is 26.7 Å². The molecule has 1 unspecified atom stereocenters. The topological polar surface area (TPSA) is 95.9 Å². The number of rotatable bonds is 8. The van der Waals surface area contributed by atoms with Gasteiger partial charge in [-0.25, -0.2) is 9.97 Å². The van der Waals surface area contributed by atoms with E-state index in [9.17, 15) is 14.7 Å². The van der Waals surface area contributed by atoms with E-state index in [1.807, 2.05) is 66.4 Å². The van der Waals surface area contributed by atoms with Gasteiger partial charge in [0, 0.05) is 37.8 Å². The highest BCUT2D eigenvalue weighted by atomic mass is 16.5. The molecule has 0 spiro atoms. The zero-order valence-corrected chi connectivity index (χ0v) is 21.7. The molecule has 4 aromatic rings. The molecule has 8 nitrogen and oxygen atoms in total. The van der Waals surface area contributed by atoms with E-state index >= 15 is 0 Å². The van der Waals surface area contributed by atoms with E-state index in [2.05, 4.69) is 9.97 Å². The van der Waals surface area contributed by atoms with Gasteiger partial charge in [0.2, 0.25) is 0 Å². The summed E-state index contributed by atoms with van der Waals surface area (Å²) in [7, 11) is 1.76. The molecule has 1 amide bonds. The summed E-state index contributed by atoms with van der Waals surface area (Å²) in [5.74, 6) is 0.641. The Balaban J connectivity index is 1.36. The van der Waals surface area contributed by atoms with Crippen LogP contribution in [-0.4, -0.2) is 47.2 Å². The molecule has 2 aromatic carbocycles. The molecule has 38 heavy (non-hydrogen) atoms. The first-order chi connectivity index (χ1) is 18.4. The van der Waals surface area contributed by atoms with Gasteiger partial charge in [-0.3, -0.25) is 9.59 Å². The molecule has 0 fully saturated rings. The summed E-state index contributed by atoms with van der Waals surface area (Å²) < 4.78 is 6.18. The summed E-state index contributed by atoms with van der Waals surface area (Å²) >= 11 is 0. The Bertz CT molecular complexity index is 1520. The Morgan fingerprint density at radius 3 is 2.61 bits per heavy atom. The highest BCUT2D eigenvalue weighted by Crippen LogP contribution is 2.37. The van der Waals surface area contributed by atoms with Crippen LogP contribution in [0.4, 0.5) is 17.3 Å². The average Bonchev–Trinajstić information content (AvgIpc) is 3.02. The van der Waals surface area contributed by atoms with Gasteiger partial charge in [0.15, 0.2) is 5.82 Å². The number of anilines is 3. The predicted octanol–water partition coefficient (Wildman–Crippen LogP) is 5.26. The number of aromatic nitrogens is 2. The van der Waals surface area contributed by atoms with Gasteiger partial charge in [0.1, 0.15) is 11.6 Å². The highest BCUT2D eigenvalue weighted by molar-refractivity contribution is 6.12. The van der Waals surface area contributed by atoms with Crippen molar-refractivity contribution in [2.75, 3.05) is 30.0 Å². The molecule has 0 saturated carbocycles. The third-order valence-electron chi connectivity index (χ3n) is 6.98. The van der Waals surface area contributed by atoms with Crippen molar-refractivity contribution in [1.29, 1.82) is 0 Å². The number of hydrogen-bond acceptors (Lipinski definition) is 6. The molecule has 0 saturated heterocycles. The van der Waals surface area contributed by atoms with Crippen LogP contribution in [0.25, 0.3) is 10.8 Å². The van der Waals surface area contributed by atoms with Crippen molar-refractivity contribution in [3.05, 3.63) is 83.7 Å². The number of carboxylic acid groups (broad SMARTS) is 1. The maximum absolute atomic E-state index is 13.4. The number of carbonyl (C=O) groups is 2. The maximum atomic E-state index is 13.4. The fourth-order valence-corrected chi connectivity index (χ4v) is 4.89. The van der Waals surface area contributed by atoms with Crippen LogP contribution in [0.2, 0.25) is 0 Å². The normalized spacial score (nSPS) is 13.6. The van der Waals surface area contributed by atoms with E-state index in [0.717, 1.165) is 33.3 Å². The number of benzene rings is 2. The molecule has 194 valence electrons. The minimum absolute atomic E-state index is 0.127. The number of hydrogen-bond donors (Lipinski definition) is 1. The Labute approximate surface area is 221 Å². The quantitative estimate of drug-likeness (QED) is 0.345. The van der Waals surface area contributed by atoms with Crippen LogP contribution in [0.5, 0.6) is 5.75 Å². The van der Waals surface area contributed by atoms with Gasteiger partial charge in [0.25, 0.3) is 5.91 Å². The minimum Gasteiger partial charge on any atom is -0.493 e. The van der Waals surface area contributed by atoms with Crippen molar-refractivity contribution in [3.63, 3.8) is 0 Å². The lowest BCUT2D eigenvalue weighted by atomic mass is 9.95. The first-order valence-electron chi connectivity index (χ1n) is 12.7. The van der Waals surface area contributed by atoms with Gasteiger partial charge >= 0.3 is 5.97 Å². The third-order valence-corrected chi connectivity index (χ3v) is 6.98. The first kappa shape index (κ1) is 25.2. The minimum atomic E-state index is -0.810. The van der Waals surface area contributed by atoms with Gasteiger partial charge < -0.3 is 19.6 Å². The van der Waals surface area contributed by atoms with Crippen LogP contribution in [0, 0.1) is 5.92 Å². The molecule has 2 aromatic heterocycles. The number of fused-ring (bicyclic) bond motifs is 3. The van der Waals surface area contributed by atoms with Crippen LogP contribution in [-0.2, 0) is 17.6 Å². The van der Waals surface area contributed by atoms with Crippen LogP contribution in [0.1, 0.15) is 35.3 Å². The standard InChI is InChI=1S/C30H30N4O4/c1-4-34-27-24(29(35)33(3)25-10-7-14-31-28(25)34)17-20(18-32-27)13-15-38-26-12-11-21(16-19(2)30(36)37)22-8-5-6-9-23(22)26/h5-12,14,17-19H,4,13,15-16H2,1-3H3,(H,36,37). The Hall–Kier alpha value is -4.46. The number of carboxylic acids is 1. The first-order valence-corrected chi connectivity index (χ1v) is 12.7. The maximum Gasteiger partial charge on any atom is 0.306 e. The van der Waals surface area contributed by atoms with Crippen molar-refractivity contribution in [3.8, 4) is 5.75 Å². The monoisotopic (exact) mass is 510 g/mol. The second kappa shape index (κ2) is 10.5. The van der Waals surface area contributed by atoms with Crippen molar-refractivity contribution >= 4 is 40.0 Å². The van der Waals surface area contributed by atoms with Gasteiger partial charge in [-0.05, 0) is 54.1 Å². The lowest BCUT2D eigenvalue weighted by Gasteiger charge is -2.22. The van der Waals surface area contributed by atoms with Crippen LogP contribution < -0.4 is 14.5 Å². The summed E-state index contributed by atoms with van der Waals surface area (Å²) in [6.07, 6.45) is 4.54. The largest absolute Gasteiger partial charge is 0.493 e. The zero-order valence-electron chi connectivity index (χ0n) is 21.7. The molecule has 1 aliphatic heterocycles. The second-order valence-electron chi connectivity index (χ2n) is 9.48. The molecule has 0 aliphatic carbocycles. The lowest BCUT2D eigenvalue weighted by Crippen LogP contribution is -2.25. The second-order valence-corrected chi connectivity index (χ2v) is 9.48. The van der Waals surface area contributed by atoms with E-state index < -0.39 is 11.9 Å². The van der Waals surface area contributed by atoms with Gasteiger partial charge in [-0.15, -0.1) is 0 Å². The van der Waals surface area contributed by atoms with E-state index in [0.29, 0.717) is 43.2 Å².